The Balaban J connectivity index is 3.28. The van der Waals surface area contributed by atoms with Crippen molar-refractivity contribution in [3.63, 3.8) is 0 Å². The van der Waals surface area contributed by atoms with E-state index in [-0.39, 0.29) is 11.6 Å². The van der Waals surface area contributed by atoms with Crippen LogP contribution < -0.4 is 4.74 Å². The Hall–Kier alpha value is -1.58. The second-order valence-corrected chi connectivity index (χ2v) is 3.29. The third-order valence-corrected chi connectivity index (χ3v) is 2.04. The Morgan fingerprint density at radius 1 is 1.60 bits per heavy atom. The Morgan fingerprint density at radius 2 is 2.27 bits per heavy atom. The maximum atomic E-state index is 10.9. The smallest absolute Gasteiger partial charge is 0.314 e. The van der Waals surface area contributed by atoms with E-state index in [1.165, 1.54) is 0 Å². The van der Waals surface area contributed by atoms with Gasteiger partial charge in [-0.15, -0.1) is 0 Å². The summed E-state index contributed by atoms with van der Waals surface area (Å²) in [5.74, 6) is 0.182. The standard InChI is InChI=1S/C11H14NO3/c1-4-15-10-7-5-6-9(8(2)3)11(10)12(13)14/h5-8H,2,4H2,1,3H3. The van der Waals surface area contributed by atoms with Crippen molar-refractivity contribution in [2.45, 2.75) is 19.8 Å². The maximum Gasteiger partial charge on any atom is 0.314 e. The Bertz CT molecular complexity index is 361. The number of para-hydroxylation sites is 1. The van der Waals surface area contributed by atoms with Crippen LogP contribution in [-0.2, 0) is 0 Å². The van der Waals surface area contributed by atoms with Crippen LogP contribution in [0.4, 0.5) is 5.69 Å². The van der Waals surface area contributed by atoms with E-state index in [4.69, 9.17) is 4.74 Å². The number of rotatable bonds is 4. The number of nitro groups is 1. The molecule has 1 aromatic carbocycles. The van der Waals surface area contributed by atoms with E-state index in [0.29, 0.717) is 17.9 Å². The molecule has 81 valence electrons. The highest BCUT2D eigenvalue weighted by Crippen LogP contribution is 2.34. The maximum absolute atomic E-state index is 10.9. The van der Waals surface area contributed by atoms with E-state index >= 15 is 0 Å². The minimum absolute atomic E-state index is 0.0295. The van der Waals surface area contributed by atoms with Gasteiger partial charge in [-0.05, 0) is 25.8 Å². The van der Waals surface area contributed by atoms with Gasteiger partial charge in [-0.25, -0.2) is 0 Å². The topological polar surface area (TPSA) is 52.4 Å². The Labute approximate surface area is 89.0 Å². The number of hydrogen-bond acceptors (Lipinski definition) is 3. The second-order valence-electron chi connectivity index (χ2n) is 3.29. The summed E-state index contributed by atoms with van der Waals surface area (Å²) in [5, 5.41) is 10.9. The number of benzene rings is 1. The Kier molecular flexibility index (Phi) is 3.66. The molecule has 0 saturated carbocycles. The van der Waals surface area contributed by atoms with Gasteiger partial charge in [0.1, 0.15) is 0 Å². The zero-order valence-corrected chi connectivity index (χ0v) is 8.90. The molecule has 0 aliphatic rings. The summed E-state index contributed by atoms with van der Waals surface area (Å²) in [5.41, 5.74) is 0.632. The van der Waals surface area contributed by atoms with Crippen molar-refractivity contribution in [1.82, 2.24) is 0 Å². The van der Waals surface area contributed by atoms with Gasteiger partial charge in [-0.1, -0.05) is 19.1 Å². The van der Waals surface area contributed by atoms with Crippen LogP contribution in [0.5, 0.6) is 5.75 Å². The molecule has 1 atom stereocenters. The van der Waals surface area contributed by atoms with Crippen molar-refractivity contribution in [3.05, 3.63) is 40.8 Å². The normalized spacial score (nSPS) is 10.4. The fourth-order valence-electron chi connectivity index (χ4n) is 1.40. The predicted molar refractivity (Wildman–Crippen MR) is 58.0 cm³/mol. The minimum atomic E-state index is -0.415. The third-order valence-electron chi connectivity index (χ3n) is 2.04. The molecule has 1 unspecified atom stereocenters. The van der Waals surface area contributed by atoms with Gasteiger partial charge in [0.2, 0.25) is 0 Å². The predicted octanol–water partition coefficient (Wildman–Crippen LogP) is 2.93. The quantitative estimate of drug-likeness (QED) is 0.564. The number of nitrogens with zero attached hydrogens (tertiary/aromatic N) is 1. The van der Waals surface area contributed by atoms with Crippen LogP contribution >= 0.6 is 0 Å². The average molecular weight is 208 g/mol. The van der Waals surface area contributed by atoms with Crippen LogP contribution in [0.25, 0.3) is 0 Å². The first-order chi connectivity index (χ1) is 7.07. The highest BCUT2D eigenvalue weighted by atomic mass is 16.6. The highest BCUT2D eigenvalue weighted by molar-refractivity contribution is 5.54. The summed E-state index contributed by atoms with van der Waals surface area (Å²) >= 11 is 0. The van der Waals surface area contributed by atoms with Crippen molar-refractivity contribution in [3.8, 4) is 5.75 Å². The summed E-state index contributed by atoms with van der Waals surface area (Å²) in [7, 11) is 0. The lowest BCUT2D eigenvalue weighted by atomic mass is 10.0. The minimum Gasteiger partial charge on any atom is -0.487 e. The zero-order valence-electron chi connectivity index (χ0n) is 8.90. The highest BCUT2D eigenvalue weighted by Gasteiger charge is 2.22. The molecule has 0 spiro atoms. The van der Waals surface area contributed by atoms with Crippen LogP contribution in [0, 0.1) is 17.0 Å². The molecule has 0 heterocycles. The molecule has 0 amide bonds. The summed E-state index contributed by atoms with van der Waals surface area (Å²) in [6.07, 6.45) is 0. The SMILES string of the molecule is [CH2]C(C)c1cccc(OCC)c1[N+](=O)[O-]. The molecule has 0 saturated heterocycles. The van der Waals surface area contributed by atoms with Crippen LogP contribution in [0.15, 0.2) is 18.2 Å². The molecule has 1 rings (SSSR count). The van der Waals surface area contributed by atoms with E-state index in [2.05, 4.69) is 6.92 Å². The first-order valence-electron chi connectivity index (χ1n) is 4.81. The number of ether oxygens (including phenoxy) is 1. The van der Waals surface area contributed by atoms with E-state index in [9.17, 15) is 10.1 Å². The van der Waals surface area contributed by atoms with E-state index < -0.39 is 4.92 Å². The van der Waals surface area contributed by atoms with Crippen molar-refractivity contribution >= 4 is 5.69 Å². The average Bonchev–Trinajstić information content (AvgIpc) is 2.17. The van der Waals surface area contributed by atoms with E-state index in [0.717, 1.165) is 0 Å². The molecule has 4 heteroatoms. The van der Waals surface area contributed by atoms with Crippen molar-refractivity contribution < 1.29 is 9.66 Å². The third kappa shape index (κ3) is 2.46. The fraction of sp³-hybridized carbons (Fsp3) is 0.364. The van der Waals surface area contributed by atoms with Crippen LogP contribution in [0.2, 0.25) is 0 Å². The molecule has 4 nitrogen and oxygen atoms in total. The van der Waals surface area contributed by atoms with Crippen molar-refractivity contribution in [2.75, 3.05) is 6.61 Å². The second kappa shape index (κ2) is 4.77. The van der Waals surface area contributed by atoms with Crippen LogP contribution in [0.1, 0.15) is 25.3 Å². The largest absolute Gasteiger partial charge is 0.487 e. The molecule has 1 radical (unpaired) electrons. The molecular weight excluding hydrogens is 194 g/mol. The van der Waals surface area contributed by atoms with Crippen molar-refractivity contribution in [1.29, 1.82) is 0 Å². The van der Waals surface area contributed by atoms with Crippen LogP contribution in [-0.4, -0.2) is 11.5 Å². The van der Waals surface area contributed by atoms with E-state index in [1.807, 2.05) is 6.92 Å². The van der Waals surface area contributed by atoms with Gasteiger partial charge in [0.15, 0.2) is 5.75 Å². The van der Waals surface area contributed by atoms with Gasteiger partial charge in [-0.3, -0.25) is 10.1 Å². The van der Waals surface area contributed by atoms with Crippen LogP contribution in [0.3, 0.4) is 0 Å². The molecule has 15 heavy (non-hydrogen) atoms. The first-order valence-corrected chi connectivity index (χ1v) is 4.81. The molecule has 0 N–H and O–H groups in total. The molecule has 0 aliphatic carbocycles. The summed E-state index contributed by atoms with van der Waals surface area (Å²) < 4.78 is 5.22. The van der Waals surface area contributed by atoms with Gasteiger partial charge >= 0.3 is 5.69 Å². The molecule has 0 fully saturated rings. The van der Waals surface area contributed by atoms with Crippen molar-refractivity contribution in [2.24, 2.45) is 0 Å². The number of hydrogen-bond donors (Lipinski definition) is 0. The summed E-state index contributed by atoms with van der Waals surface area (Å²) in [6.45, 7) is 7.82. The monoisotopic (exact) mass is 208 g/mol. The molecule has 0 bridgehead atoms. The first kappa shape index (κ1) is 11.5. The van der Waals surface area contributed by atoms with Gasteiger partial charge in [0, 0.05) is 5.56 Å². The van der Waals surface area contributed by atoms with Gasteiger partial charge in [0.25, 0.3) is 0 Å². The summed E-state index contributed by atoms with van der Waals surface area (Å²) in [4.78, 5) is 10.5. The van der Waals surface area contributed by atoms with E-state index in [1.54, 1.807) is 25.1 Å². The molecule has 0 aliphatic heterocycles. The van der Waals surface area contributed by atoms with Gasteiger partial charge < -0.3 is 4.74 Å². The number of nitro benzene ring substituents is 1. The molecule has 1 aromatic rings. The summed E-state index contributed by atoms with van der Waals surface area (Å²) in [6, 6.07) is 5.06. The molecule has 0 aromatic heterocycles. The molecular formula is C11H14NO3. The zero-order chi connectivity index (χ0) is 11.4. The fourth-order valence-corrected chi connectivity index (χ4v) is 1.40. The lowest BCUT2D eigenvalue weighted by Gasteiger charge is -2.10. The van der Waals surface area contributed by atoms with Gasteiger partial charge in [-0.2, -0.15) is 0 Å². The Morgan fingerprint density at radius 3 is 2.73 bits per heavy atom. The lowest BCUT2D eigenvalue weighted by molar-refractivity contribution is -0.386. The van der Waals surface area contributed by atoms with Gasteiger partial charge in [0.05, 0.1) is 11.5 Å². The lowest BCUT2D eigenvalue weighted by Crippen LogP contribution is -2.02.